The van der Waals surface area contributed by atoms with Gasteiger partial charge in [-0.3, -0.25) is 9.69 Å². The van der Waals surface area contributed by atoms with Gasteiger partial charge < -0.3 is 15.8 Å². The Morgan fingerprint density at radius 3 is 2.84 bits per heavy atom. The molecule has 0 aromatic heterocycles. The molecule has 0 aliphatic carbocycles. The second-order valence-corrected chi connectivity index (χ2v) is 4.58. The Hall–Kier alpha value is -1.30. The summed E-state index contributed by atoms with van der Waals surface area (Å²) in [4.78, 5) is 13.9. The van der Waals surface area contributed by atoms with E-state index in [1.54, 1.807) is 25.3 Å². The molecule has 1 aromatic carbocycles. The van der Waals surface area contributed by atoms with E-state index in [0.717, 1.165) is 13.1 Å². The number of hydrogen-bond donors (Lipinski definition) is 2. The van der Waals surface area contributed by atoms with Crippen LogP contribution in [-0.2, 0) is 9.53 Å². The van der Waals surface area contributed by atoms with Crippen molar-refractivity contribution in [2.75, 3.05) is 44.4 Å². The van der Waals surface area contributed by atoms with E-state index in [1.807, 2.05) is 11.8 Å². The van der Waals surface area contributed by atoms with Crippen LogP contribution in [0.4, 0.5) is 11.4 Å². The highest BCUT2D eigenvalue weighted by Crippen LogP contribution is 2.22. The molecular weight excluding hydrogens is 266 g/mol. The van der Waals surface area contributed by atoms with Gasteiger partial charge in [0, 0.05) is 18.7 Å². The van der Waals surface area contributed by atoms with E-state index in [1.165, 1.54) is 0 Å². The maximum atomic E-state index is 11.9. The van der Waals surface area contributed by atoms with Crippen LogP contribution in [-0.4, -0.2) is 44.2 Å². The molecule has 0 saturated carbocycles. The van der Waals surface area contributed by atoms with Crippen molar-refractivity contribution in [3.63, 3.8) is 0 Å². The minimum Gasteiger partial charge on any atom is -0.397 e. The van der Waals surface area contributed by atoms with Crippen LogP contribution in [0, 0.1) is 0 Å². The zero-order valence-corrected chi connectivity index (χ0v) is 12.0. The number of benzene rings is 1. The first kappa shape index (κ1) is 15.8. The van der Waals surface area contributed by atoms with Crippen LogP contribution in [0.5, 0.6) is 0 Å². The average Bonchev–Trinajstić information content (AvgIpc) is 2.38. The lowest BCUT2D eigenvalue weighted by atomic mass is 10.2. The van der Waals surface area contributed by atoms with Gasteiger partial charge in [0.05, 0.1) is 24.5 Å². The molecule has 0 heterocycles. The van der Waals surface area contributed by atoms with E-state index in [2.05, 4.69) is 5.32 Å². The Labute approximate surface area is 118 Å². The molecule has 0 saturated heterocycles. The number of nitrogen functional groups attached to an aromatic ring is 1. The van der Waals surface area contributed by atoms with Crippen LogP contribution >= 0.6 is 11.6 Å². The summed E-state index contributed by atoms with van der Waals surface area (Å²) in [6, 6.07) is 5.00. The van der Waals surface area contributed by atoms with Gasteiger partial charge in [0.1, 0.15) is 0 Å². The van der Waals surface area contributed by atoms with Crippen LogP contribution < -0.4 is 11.1 Å². The maximum Gasteiger partial charge on any atom is 0.238 e. The lowest BCUT2D eigenvalue weighted by Gasteiger charge is -2.19. The number of anilines is 2. The lowest BCUT2D eigenvalue weighted by Crippen LogP contribution is -2.35. The van der Waals surface area contributed by atoms with Gasteiger partial charge >= 0.3 is 0 Å². The highest BCUT2D eigenvalue weighted by Gasteiger charge is 2.10. The zero-order valence-electron chi connectivity index (χ0n) is 11.3. The smallest absolute Gasteiger partial charge is 0.238 e. The van der Waals surface area contributed by atoms with Gasteiger partial charge in [-0.1, -0.05) is 18.5 Å². The van der Waals surface area contributed by atoms with Gasteiger partial charge in [-0.25, -0.2) is 0 Å². The number of nitrogens with two attached hydrogens (primary N) is 1. The first-order valence-electron chi connectivity index (χ1n) is 6.13. The van der Waals surface area contributed by atoms with Gasteiger partial charge in [-0.2, -0.15) is 0 Å². The monoisotopic (exact) mass is 285 g/mol. The van der Waals surface area contributed by atoms with Crippen LogP contribution in [0.3, 0.4) is 0 Å². The first-order valence-corrected chi connectivity index (χ1v) is 6.50. The Bertz CT molecular complexity index is 426. The van der Waals surface area contributed by atoms with Crippen molar-refractivity contribution in [2.45, 2.75) is 6.92 Å². The lowest BCUT2D eigenvalue weighted by molar-refractivity contribution is -0.117. The van der Waals surface area contributed by atoms with Crippen LogP contribution in [0.25, 0.3) is 0 Å². The second-order valence-electron chi connectivity index (χ2n) is 4.14. The number of nitrogens with zero attached hydrogens (tertiary/aromatic N) is 1. The van der Waals surface area contributed by atoms with E-state index >= 15 is 0 Å². The fourth-order valence-electron chi connectivity index (χ4n) is 1.61. The number of hydrogen-bond acceptors (Lipinski definition) is 4. The summed E-state index contributed by atoms with van der Waals surface area (Å²) in [5.74, 6) is -0.105. The molecule has 106 valence electrons. The van der Waals surface area contributed by atoms with Gasteiger partial charge in [0.2, 0.25) is 5.91 Å². The summed E-state index contributed by atoms with van der Waals surface area (Å²) in [5.41, 5.74) is 6.82. The van der Waals surface area contributed by atoms with E-state index < -0.39 is 0 Å². The predicted octanol–water partition coefficient (Wildman–Crippen LogP) is 1.83. The number of carbonyl (C=O) groups is 1. The number of ether oxygens (including phenoxy) is 1. The van der Waals surface area contributed by atoms with Crippen molar-refractivity contribution >= 4 is 28.9 Å². The van der Waals surface area contributed by atoms with Gasteiger partial charge in [-0.05, 0) is 24.7 Å². The van der Waals surface area contributed by atoms with Crippen molar-refractivity contribution in [2.24, 2.45) is 0 Å². The number of likely N-dealkylation sites (N-methyl/N-ethyl adjacent to an activating group) is 1. The molecule has 1 amide bonds. The van der Waals surface area contributed by atoms with Crippen molar-refractivity contribution in [1.82, 2.24) is 4.90 Å². The van der Waals surface area contributed by atoms with Gasteiger partial charge in [0.25, 0.3) is 0 Å². The Morgan fingerprint density at radius 1 is 1.53 bits per heavy atom. The summed E-state index contributed by atoms with van der Waals surface area (Å²) < 4.78 is 5.00. The molecule has 19 heavy (non-hydrogen) atoms. The summed E-state index contributed by atoms with van der Waals surface area (Å²) in [7, 11) is 1.64. The topological polar surface area (TPSA) is 67.6 Å². The third kappa shape index (κ3) is 5.46. The molecule has 0 spiro atoms. The Morgan fingerprint density at radius 2 is 2.26 bits per heavy atom. The molecule has 1 aromatic rings. The van der Waals surface area contributed by atoms with Crippen LogP contribution in [0.15, 0.2) is 18.2 Å². The fourth-order valence-corrected chi connectivity index (χ4v) is 1.79. The van der Waals surface area contributed by atoms with Crippen molar-refractivity contribution < 1.29 is 9.53 Å². The van der Waals surface area contributed by atoms with Crippen LogP contribution in [0.1, 0.15) is 6.92 Å². The van der Waals surface area contributed by atoms with Crippen molar-refractivity contribution in [3.8, 4) is 0 Å². The number of nitrogens with one attached hydrogen (secondary N) is 1. The molecular formula is C13H20ClN3O2. The molecule has 0 fully saturated rings. The average molecular weight is 286 g/mol. The Balaban J connectivity index is 2.54. The van der Waals surface area contributed by atoms with E-state index in [4.69, 9.17) is 22.1 Å². The van der Waals surface area contributed by atoms with Gasteiger partial charge in [-0.15, -0.1) is 0 Å². The highest BCUT2D eigenvalue weighted by molar-refractivity contribution is 6.31. The minimum atomic E-state index is -0.105. The maximum absolute atomic E-state index is 11.9. The summed E-state index contributed by atoms with van der Waals surface area (Å²) in [6.07, 6.45) is 0. The normalized spacial score (nSPS) is 10.7. The minimum absolute atomic E-state index is 0.105. The van der Waals surface area contributed by atoms with E-state index in [-0.39, 0.29) is 5.91 Å². The second kappa shape index (κ2) is 7.99. The quantitative estimate of drug-likeness (QED) is 0.750. The number of amides is 1. The van der Waals surface area contributed by atoms with E-state index in [9.17, 15) is 4.79 Å². The van der Waals surface area contributed by atoms with Crippen LogP contribution in [0.2, 0.25) is 5.02 Å². The van der Waals surface area contributed by atoms with E-state index in [0.29, 0.717) is 29.5 Å². The zero-order chi connectivity index (χ0) is 14.3. The molecule has 0 unspecified atom stereocenters. The largest absolute Gasteiger partial charge is 0.397 e. The first-order chi connectivity index (χ1) is 9.06. The van der Waals surface area contributed by atoms with Gasteiger partial charge in [0.15, 0.2) is 0 Å². The summed E-state index contributed by atoms with van der Waals surface area (Å²) >= 11 is 5.80. The van der Waals surface area contributed by atoms with Crippen molar-refractivity contribution in [1.29, 1.82) is 0 Å². The fraction of sp³-hybridized carbons (Fsp3) is 0.462. The SMILES string of the molecule is CCN(CCOC)CC(=O)Nc1ccc(Cl)cc1N. The molecule has 0 radical (unpaired) electrons. The third-order valence-corrected chi connectivity index (χ3v) is 2.95. The number of rotatable bonds is 7. The standard InChI is InChI=1S/C13H20ClN3O2/c1-3-17(6-7-19-2)9-13(18)16-12-5-4-10(14)8-11(12)15/h4-5,8H,3,6-7,9,15H2,1-2H3,(H,16,18). The summed E-state index contributed by atoms with van der Waals surface area (Å²) in [5, 5.41) is 3.32. The molecule has 0 bridgehead atoms. The third-order valence-electron chi connectivity index (χ3n) is 2.71. The number of carbonyl (C=O) groups excluding carboxylic acids is 1. The molecule has 6 heteroatoms. The highest BCUT2D eigenvalue weighted by atomic mass is 35.5. The molecule has 3 N–H and O–H groups in total. The van der Waals surface area contributed by atoms with Crippen molar-refractivity contribution in [3.05, 3.63) is 23.2 Å². The number of methoxy groups -OCH3 is 1. The molecule has 0 aliphatic rings. The molecule has 5 nitrogen and oxygen atoms in total. The predicted molar refractivity (Wildman–Crippen MR) is 78.5 cm³/mol. The Kier molecular flexibility index (Phi) is 6.62. The molecule has 1 rings (SSSR count). The number of halogens is 1. The summed E-state index contributed by atoms with van der Waals surface area (Å²) in [6.45, 7) is 4.41. The molecule has 0 aliphatic heterocycles. The molecule has 0 atom stereocenters.